The van der Waals surface area contributed by atoms with E-state index < -0.39 is 23.6 Å². The van der Waals surface area contributed by atoms with Crippen molar-refractivity contribution in [1.82, 2.24) is 9.88 Å². The Morgan fingerprint density at radius 1 is 1.23 bits per heavy atom. The van der Waals surface area contributed by atoms with Crippen molar-refractivity contribution >= 4 is 23.3 Å². The highest BCUT2D eigenvalue weighted by atomic mass is 16.2. The van der Waals surface area contributed by atoms with Crippen molar-refractivity contribution in [3.63, 3.8) is 0 Å². The molecule has 2 N–H and O–H groups in total. The number of aryl methyl sites for hydroxylation is 1. The van der Waals surface area contributed by atoms with Crippen LogP contribution in [0.25, 0.3) is 0 Å². The molecule has 0 aliphatic heterocycles. The third-order valence-corrected chi connectivity index (χ3v) is 5.75. The Bertz CT molecular complexity index is 1170. The van der Waals surface area contributed by atoms with Gasteiger partial charge < -0.3 is 15.2 Å². The van der Waals surface area contributed by atoms with Crippen molar-refractivity contribution in [2.45, 2.75) is 39.7 Å². The molecule has 0 unspecified atom stereocenters. The van der Waals surface area contributed by atoms with E-state index in [4.69, 9.17) is 6.42 Å². The number of carbonyl (C=O) groups is 3. The van der Waals surface area contributed by atoms with Gasteiger partial charge in [-0.15, -0.1) is 6.42 Å². The van der Waals surface area contributed by atoms with Crippen LogP contribution in [-0.2, 0) is 11.8 Å². The molecule has 1 aromatic carbocycles. The van der Waals surface area contributed by atoms with Gasteiger partial charge in [0.15, 0.2) is 0 Å². The third-order valence-electron chi connectivity index (χ3n) is 5.75. The molecular weight excluding hydrogens is 392 g/mol. The summed E-state index contributed by atoms with van der Waals surface area (Å²) in [6.45, 7) is 5.13. The van der Waals surface area contributed by atoms with E-state index in [0.717, 1.165) is 18.4 Å². The van der Waals surface area contributed by atoms with E-state index in [1.54, 1.807) is 43.7 Å². The molecule has 1 aliphatic carbocycles. The summed E-state index contributed by atoms with van der Waals surface area (Å²) in [5.74, 6) is 0.828. The molecule has 0 saturated heterocycles. The minimum atomic E-state index is -0.768. The van der Waals surface area contributed by atoms with Crippen LogP contribution in [0.5, 0.6) is 0 Å². The zero-order valence-corrected chi connectivity index (χ0v) is 18.0. The largest absolute Gasteiger partial charge is 0.343 e. The van der Waals surface area contributed by atoms with Crippen molar-refractivity contribution in [1.29, 1.82) is 5.26 Å². The summed E-state index contributed by atoms with van der Waals surface area (Å²) in [5, 5.41) is 14.6. The smallest absolute Gasteiger partial charge is 0.293 e. The third kappa shape index (κ3) is 4.22. The lowest BCUT2D eigenvalue weighted by atomic mass is 10.0. The lowest BCUT2D eigenvalue weighted by molar-refractivity contribution is -0.117. The van der Waals surface area contributed by atoms with Crippen LogP contribution in [0.2, 0.25) is 0 Å². The summed E-state index contributed by atoms with van der Waals surface area (Å²) in [6.07, 6.45) is 7.35. The molecule has 1 saturated carbocycles. The lowest BCUT2D eigenvalue weighted by Crippen LogP contribution is -2.40. The van der Waals surface area contributed by atoms with Gasteiger partial charge in [0.25, 0.3) is 17.6 Å². The van der Waals surface area contributed by atoms with Gasteiger partial charge in [0.05, 0.1) is 23.2 Å². The molecule has 0 spiro atoms. The van der Waals surface area contributed by atoms with E-state index in [2.05, 4.69) is 22.6 Å². The van der Waals surface area contributed by atoms with Gasteiger partial charge in [-0.3, -0.25) is 14.4 Å². The Morgan fingerprint density at radius 2 is 1.90 bits per heavy atom. The topological polar surface area (TPSA) is 104 Å². The fourth-order valence-electron chi connectivity index (χ4n) is 3.69. The number of hydrogen-bond donors (Lipinski definition) is 2. The SMILES string of the molecule is C#C[C@@H](NC(=O)C(=O)c1c(C)c(C(=O)Nc2ccc(C)c(C#N)c2)n(C)c1C)C1CC1. The highest BCUT2D eigenvalue weighted by molar-refractivity contribution is 6.43. The molecule has 2 aromatic rings. The van der Waals surface area contributed by atoms with Crippen LogP contribution < -0.4 is 10.6 Å². The lowest BCUT2D eigenvalue weighted by Gasteiger charge is -2.11. The van der Waals surface area contributed by atoms with Gasteiger partial charge in [-0.2, -0.15) is 5.26 Å². The van der Waals surface area contributed by atoms with Crippen molar-refractivity contribution in [2.24, 2.45) is 13.0 Å². The Kier molecular flexibility index (Phi) is 5.99. The van der Waals surface area contributed by atoms with Gasteiger partial charge in [0.1, 0.15) is 5.69 Å². The monoisotopic (exact) mass is 416 g/mol. The summed E-state index contributed by atoms with van der Waals surface area (Å²) in [6, 6.07) is 6.67. The summed E-state index contributed by atoms with van der Waals surface area (Å²) in [5.41, 5.74) is 3.12. The number of terminal acetylenes is 1. The summed E-state index contributed by atoms with van der Waals surface area (Å²) < 4.78 is 1.59. The number of benzene rings is 1. The van der Waals surface area contributed by atoms with E-state index in [1.165, 1.54) is 0 Å². The highest BCUT2D eigenvalue weighted by Crippen LogP contribution is 2.32. The normalized spacial score (nSPS) is 13.6. The molecule has 1 atom stereocenters. The highest BCUT2D eigenvalue weighted by Gasteiger charge is 2.34. The average Bonchev–Trinajstić information content (AvgIpc) is 3.55. The van der Waals surface area contributed by atoms with Crippen LogP contribution in [0.4, 0.5) is 5.69 Å². The second-order valence-corrected chi connectivity index (χ2v) is 7.87. The Balaban J connectivity index is 1.86. The zero-order chi connectivity index (χ0) is 22.9. The Hall–Kier alpha value is -3.84. The number of nitrogens with one attached hydrogen (secondary N) is 2. The second kappa shape index (κ2) is 8.49. The van der Waals surface area contributed by atoms with Gasteiger partial charge in [0, 0.05) is 18.4 Å². The number of nitrogens with zero attached hydrogens (tertiary/aromatic N) is 2. The van der Waals surface area contributed by atoms with Crippen LogP contribution >= 0.6 is 0 Å². The van der Waals surface area contributed by atoms with Gasteiger partial charge in [-0.1, -0.05) is 12.0 Å². The number of rotatable bonds is 6. The summed E-state index contributed by atoms with van der Waals surface area (Å²) >= 11 is 0. The number of ketones is 1. The fraction of sp³-hybridized carbons (Fsp3) is 0.333. The van der Waals surface area contributed by atoms with Gasteiger partial charge >= 0.3 is 0 Å². The number of nitriles is 1. The van der Waals surface area contributed by atoms with Crippen molar-refractivity contribution in [3.05, 3.63) is 51.8 Å². The van der Waals surface area contributed by atoms with E-state index in [1.807, 2.05) is 6.92 Å². The molecule has 1 aromatic heterocycles. The number of hydrogen-bond acceptors (Lipinski definition) is 4. The molecule has 158 valence electrons. The molecule has 1 aliphatic rings. The molecule has 7 nitrogen and oxygen atoms in total. The number of Topliss-reactive ketones (excluding diaryl/α,β-unsaturated/α-hetero) is 1. The van der Waals surface area contributed by atoms with E-state index in [9.17, 15) is 19.6 Å². The molecule has 3 rings (SSSR count). The molecule has 31 heavy (non-hydrogen) atoms. The van der Waals surface area contributed by atoms with Crippen LogP contribution in [0.15, 0.2) is 18.2 Å². The molecule has 1 fully saturated rings. The average molecular weight is 416 g/mol. The Morgan fingerprint density at radius 3 is 2.48 bits per heavy atom. The van der Waals surface area contributed by atoms with Gasteiger partial charge in [0.2, 0.25) is 0 Å². The first kappa shape index (κ1) is 21.9. The molecule has 2 amide bonds. The maximum absolute atomic E-state index is 13.0. The summed E-state index contributed by atoms with van der Waals surface area (Å²) in [4.78, 5) is 38.4. The van der Waals surface area contributed by atoms with Gasteiger partial charge in [-0.25, -0.2) is 0 Å². The van der Waals surface area contributed by atoms with Crippen LogP contribution in [0, 0.1) is 50.4 Å². The van der Waals surface area contributed by atoms with E-state index in [0.29, 0.717) is 22.5 Å². The van der Waals surface area contributed by atoms with Crippen molar-refractivity contribution < 1.29 is 14.4 Å². The fourth-order valence-corrected chi connectivity index (χ4v) is 3.69. The first-order chi connectivity index (χ1) is 14.7. The van der Waals surface area contributed by atoms with Crippen LogP contribution in [0.3, 0.4) is 0 Å². The molecule has 0 bridgehead atoms. The minimum absolute atomic E-state index is 0.193. The molecule has 0 radical (unpaired) electrons. The molecule has 1 heterocycles. The number of aromatic nitrogens is 1. The Labute approximate surface area is 181 Å². The quantitative estimate of drug-likeness (QED) is 0.429. The van der Waals surface area contributed by atoms with Crippen molar-refractivity contribution in [3.8, 4) is 18.4 Å². The zero-order valence-electron chi connectivity index (χ0n) is 18.0. The summed E-state index contributed by atoms with van der Waals surface area (Å²) in [7, 11) is 1.66. The number of amides is 2. The first-order valence-corrected chi connectivity index (χ1v) is 9.98. The number of anilines is 1. The van der Waals surface area contributed by atoms with E-state index >= 15 is 0 Å². The predicted octanol–water partition coefficient (Wildman–Crippen LogP) is 2.79. The van der Waals surface area contributed by atoms with E-state index in [-0.39, 0.29) is 17.2 Å². The number of carbonyl (C=O) groups excluding carboxylic acids is 3. The maximum atomic E-state index is 13.0. The van der Waals surface area contributed by atoms with Crippen LogP contribution in [0.1, 0.15) is 56.1 Å². The molecule has 7 heteroatoms. The first-order valence-electron chi connectivity index (χ1n) is 9.98. The minimum Gasteiger partial charge on any atom is -0.343 e. The van der Waals surface area contributed by atoms with Gasteiger partial charge in [-0.05, 0) is 62.8 Å². The second-order valence-electron chi connectivity index (χ2n) is 7.87. The standard InChI is InChI=1S/C24H24N4O3/c1-6-19(16-8-9-16)27-24(31)22(29)20-14(3)21(28(5)15(20)4)23(30)26-18-10-7-13(2)17(11-18)12-25/h1,7,10-11,16,19H,8-9H2,2-5H3,(H,26,30)(H,27,31)/t19-/m1/s1. The van der Waals surface area contributed by atoms with Crippen LogP contribution in [-0.4, -0.2) is 28.2 Å². The van der Waals surface area contributed by atoms with Crippen molar-refractivity contribution in [2.75, 3.05) is 5.32 Å². The maximum Gasteiger partial charge on any atom is 0.293 e. The predicted molar refractivity (Wildman–Crippen MR) is 117 cm³/mol. The molecular formula is C24H24N4O3.